The average molecular weight is 402 g/mol. The summed E-state index contributed by atoms with van der Waals surface area (Å²) >= 11 is 0. The van der Waals surface area contributed by atoms with Gasteiger partial charge in [0.25, 0.3) is 0 Å². The Morgan fingerprint density at radius 2 is 2.00 bits per heavy atom. The number of likely N-dealkylation sites (N-methyl/N-ethyl adjacent to an activating group) is 1. The zero-order valence-corrected chi connectivity index (χ0v) is 17.8. The molecule has 1 N–H and O–H groups in total. The summed E-state index contributed by atoms with van der Waals surface area (Å²) < 4.78 is 1.79. The SMILES string of the molecule is Cc1cc(C)n2nc(-c3ccc(O)cc3)c(CC(=O)N(C)C3=CCC(C)C=C3)c2n1. The van der Waals surface area contributed by atoms with Gasteiger partial charge in [-0.2, -0.15) is 5.10 Å². The van der Waals surface area contributed by atoms with Gasteiger partial charge < -0.3 is 10.0 Å². The van der Waals surface area contributed by atoms with Crippen LogP contribution in [0.15, 0.2) is 54.3 Å². The molecule has 1 aliphatic rings. The zero-order valence-electron chi connectivity index (χ0n) is 17.8. The third-order valence-corrected chi connectivity index (χ3v) is 5.51. The monoisotopic (exact) mass is 402 g/mol. The molecule has 0 bridgehead atoms. The van der Waals surface area contributed by atoms with E-state index >= 15 is 0 Å². The highest BCUT2D eigenvalue weighted by Crippen LogP contribution is 2.29. The van der Waals surface area contributed by atoms with Crippen molar-refractivity contribution in [3.05, 3.63) is 71.2 Å². The van der Waals surface area contributed by atoms with E-state index in [1.54, 1.807) is 21.5 Å². The number of phenolic OH excluding ortho intramolecular Hbond substituents is 1. The molecule has 0 saturated heterocycles. The molecule has 0 fully saturated rings. The Hall–Kier alpha value is -3.41. The van der Waals surface area contributed by atoms with Crippen LogP contribution in [0.25, 0.3) is 16.9 Å². The first kappa shape index (κ1) is 19.9. The molecule has 1 amide bonds. The topological polar surface area (TPSA) is 70.7 Å². The quantitative estimate of drug-likeness (QED) is 0.710. The zero-order chi connectivity index (χ0) is 21.4. The smallest absolute Gasteiger partial charge is 0.231 e. The van der Waals surface area contributed by atoms with Gasteiger partial charge in [-0.05, 0) is 62.6 Å². The van der Waals surface area contributed by atoms with Gasteiger partial charge in [0.15, 0.2) is 5.65 Å². The van der Waals surface area contributed by atoms with Crippen molar-refractivity contribution < 1.29 is 9.90 Å². The van der Waals surface area contributed by atoms with E-state index in [2.05, 4.69) is 24.1 Å². The summed E-state index contributed by atoms with van der Waals surface area (Å²) in [5.41, 5.74) is 5.78. The number of carbonyl (C=O) groups excluding carboxylic acids is 1. The van der Waals surface area contributed by atoms with Crippen molar-refractivity contribution in [1.29, 1.82) is 0 Å². The van der Waals surface area contributed by atoms with Crippen LogP contribution in [0.3, 0.4) is 0 Å². The molecule has 1 aliphatic carbocycles. The van der Waals surface area contributed by atoms with Gasteiger partial charge in [0.2, 0.25) is 5.91 Å². The second kappa shape index (κ2) is 7.78. The van der Waals surface area contributed by atoms with Crippen LogP contribution in [-0.2, 0) is 11.2 Å². The Kier molecular flexibility index (Phi) is 5.16. The van der Waals surface area contributed by atoms with Gasteiger partial charge in [-0.1, -0.05) is 19.1 Å². The molecule has 1 aromatic carbocycles. The molecule has 0 aliphatic heterocycles. The Bertz CT molecular complexity index is 1170. The van der Waals surface area contributed by atoms with Gasteiger partial charge >= 0.3 is 0 Å². The molecule has 0 spiro atoms. The number of aromatic nitrogens is 3. The van der Waals surface area contributed by atoms with Crippen LogP contribution in [0.4, 0.5) is 0 Å². The predicted octanol–water partition coefficient (Wildman–Crippen LogP) is 4.20. The van der Waals surface area contributed by atoms with Gasteiger partial charge in [-0.25, -0.2) is 9.50 Å². The highest BCUT2D eigenvalue weighted by Gasteiger charge is 2.23. The number of allylic oxidation sites excluding steroid dienone is 3. The first-order valence-electron chi connectivity index (χ1n) is 10.1. The summed E-state index contributed by atoms with van der Waals surface area (Å²) in [6.07, 6.45) is 7.36. The lowest BCUT2D eigenvalue weighted by molar-refractivity contribution is -0.127. The van der Waals surface area contributed by atoms with Crippen molar-refractivity contribution in [3.8, 4) is 17.0 Å². The van der Waals surface area contributed by atoms with E-state index < -0.39 is 0 Å². The number of carbonyl (C=O) groups is 1. The molecule has 6 nitrogen and oxygen atoms in total. The highest BCUT2D eigenvalue weighted by atomic mass is 16.3. The number of hydrogen-bond acceptors (Lipinski definition) is 4. The van der Waals surface area contributed by atoms with Crippen molar-refractivity contribution in [2.24, 2.45) is 5.92 Å². The first-order chi connectivity index (χ1) is 14.3. The number of hydrogen-bond donors (Lipinski definition) is 1. The molecule has 0 saturated carbocycles. The summed E-state index contributed by atoms with van der Waals surface area (Å²) in [7, 11) is 1.81. The fourth-order valence-electron chi connectivity index (χ4n) is 3.76. The van der Waals surface area contributed by atoms with Crippen LogP contribution in [0.2, 0.25) is 0 Å². The van der Waals surface area contributed by atoms with Gasteiger partial charge in [0, 0.05) is 35.3 Å². The lowest BCUT2D eigenvalue weighted by atomic mass is 10.0. The number of benzene rings is 1. The molecule has 3 aromatic rings. The fraction of sp³-hybridized carbons (Fsp3) is 0.292. The molecule has 2 heterocycles. The maximum absolute atomic E-state index is 13.2. The maximum atomic E-state index is 13.2. The van der Waals surface area contributed by atoms with Gasteiger partial charge in [-0.3, -0.25) is 4.79 Å². The summed E-state index contributed by atoms with van der Waals surface area (Å²) in [4.78, 5) is 19.6. The molecule has 1 unspecified atom stereocenters. The molecule has 1 atom stereocenters. The summed E-state index contributed by atoms with van der Waals surface area (Å²) in [6, 6.07) is 8.84. The lowest BCUT2D eigenvalue weighted by Gasteiger charge is -2.22. The van der Waals surface area contributed by atoms with E-state index in [9.17, 15) is 9.90 Å². The molecule has 2 aromatic heterocycles. The van der Waals surface area contributed by atoms with E-state index in [1.165, 1.54) is 0 Å². The lowest BCUT2D eigenvalue weighted by Crippen LogP contribution is -2.28. The molecule has 0 radical (unpaired) electrons. The van der Waals surface area contributed by atoms with E-state index in [0.717, 1.165) is 34.6 Å². The maximum Gasteiger partial charge on any atom is 0.231 e. The van der Waals surface area contributed by atoms with E-state index in [-0.39, 0.29) is 18.1 Å². The Labute approximate surface area is 176 Å². The predicted molar refractivity (Wildman–Crippen MR) is 117 cm³/mol. The summed E-state index contributed by atoms with van der Waals surface area (Å²) in [5.74, 6) is 0.666. The summed E-state index contributed by atoms with van der Waals surface area (Å²) in [5, 5.41) is 14.4. The van der Waals surface area contributed by atoms with Gasteiger partial charge in [0.05, 0.1) is 12.1 Å². The highest BCUT2D eigenvalue weighted by molar-refractivity contribution is 5.86. The standard InChI is InChI=1S/C24H26N4O2/c1-15-5-9-19(10-6-15)27(4)22(30)14-21-23(18-7-11-20(29)12-8-18)26-28-17(3)13-16(2)25-24(21)28/h5,7-13,15,29H,6,14H2,1-4H3. The van der Waals surface area contributed by atoms with Crippen molar-refractivity contribution in [3.63, 3.8) is 0 Å². The molecule has 30 heavy (non-hydrogen) atoms. The van der Waals surface area contributed by atoms with Crippen molar-refractivity contribution >= 4 is 11.6 Å². The first-order valence-corrected chi connectivity index (χ1v) is 10.1. The minimum absolute atomic E-state index is 0.0173. The van der Waals surface area contributed by atoms with Gasteiger partial charge in [0.1, 0.15) is 5.75 Å². The van der Waals surface area contributed by atoms with Gasteiger partial charge in [-0.15, -0.1) is 0 Å². The van der Waals surface area contributed by atoms with Crippen LogP contribution in [0.5, 0.6) is 5.75 Å². The average Bonchev–Trinajstić information content (AvgIpc) is 3.07. The van der Waals surface area contributed by atoms with Crippen molar-refractivity contribution in [2.45, 2.75) is 33.6 Å². The minimum Gasteiger partial charge on any atom is -0.508 e. The Balaban J connectivity index is 1.76. The summed E-state index contributed by atoms with van der Waals surface area (Å²) in [6.45, 7) is 6.08. The molecular formula is C24H26N4O2. The second-order valence-corrected chi connectivity index (χ2v) is 7.98. The van der Waals surface area contributed by atoms with Crippen molar-refractivity contribution in [2.75, 3.05) is 7.05 Å². The largest absolute Gasteiger partial charge is 0.508 e. The number of aromatic hydroxyl groups is 1. The second-order valence-electron chi connectivity index (χ2n) is 7.98. The van der Waals surface area contributed by atoms with Crippen LogP contribution in [0.1, 0.15) is 30.3 Å². The Morgan fingerprint density at radius 3 is 2.67 bits per heavy atom. The molecular weight excluding hydrogens is 376 g/mol. The van der Waals surface area contributed by atoms with Crippen LogP contribution >= 0.6 is 0 Å². The number of rotatable bonds is 4. The number of amides is 1. The van der Waals surface area contributed by atoms with E-state index in [1.807, 2.05) is 45.2 Å². The number of aryl methyl sites for hydroxylation is 2. The number of nitrogens with zero attached hydrogens (tertiary/aromatic N) is 4. The van der Waals surface area contributed by atoms with Crippen LogP contribution in [0, 0.1) is 19.8 Å². The third kappa shape index (κ3) is 3.73. The third-order valence-electron chi connectivity index (χ3n) is 5.51. The minimum atomic E-state index is -0.0173. The number of phenols is 1. The van der Waals surface area contributed by atoms with Crippen LogP contribution < -0.4 is 0 Å². The van der Waals surface area contributed by atoms with E-state index in [4.69, 9.17) is 5.10 Å². The fourth-order valence-corrected chi connectivity index (χ4v) is 3.76. The van der Waals surface area contributed by atoms with Crippen LogP contribution in [-0.4, -0.2) is 37.6 Å². The number of fused-ring (bicyclic) bond motifs is 1. The van der Waals surface area contributed by atoms with Crippen molar-refractivity contribution in [1.82, 2.24) is 19.5 Å². The Morgan fingerprint density at radius 1 is 1.27 bits per heavy atom. The molecule has 6 heteroatoms. The molecule has 4 rings (SSSR count). The normalized spacial score (nSPS) is 16.0. The molecule has 154 valence electrons. The van der Waals surface area contributed by atoms with E-state index in [0.29, 0.717) is 17.3 Å².